The van der Waals surface area contributed by atoms with E-state index in [0.717, 1.165) is 24.6 Å². The predicted octanol–water partition coefficient (Wildman–Crippen LogP) is 2.86. The van der Waals surface area contributed by atoms with Gasteiger partial charge in [0.25, 0.3) is 0 Å². The summed E-state index contributed by atoms with van der Waals surface area (Å²) in [4.78, 5) is 0. The van der Waals surface area contributed by atoms with E-state index in [9.17, 15) is 0 Å². The van der Waals surface area contributed by atoms with Crippen LogP contribution in [0.25, 0.3) is 0 Å². The maximum absolute atomic E-state index is 5.66. The Morgan fingerprint density at radius 3 is 2.55 bits per heavy atom. The smallest absolute Gasteiger partial charge is 0.161 e. The van der Waals surface area contributed by atoms with Gasteiger partial charge in [0.2, 0.25) is 0 Å². The first-order valence-electron chi connectivity index (χ1n) is 7.25. The molecule has 1 aromatic carbocycles. The molecule has 0 spiro atoms. The summed E-state index contributed by atoms with van der Waals surface area (Å²) >= 11 is 0. The van der Waals surface area contributed by atoms with E-state index in [1.807, 2.05) is 19.1 Å². The molecule has 1 N–H and O–H groups in total. The van der Waals surface area contributed by atoms with Crippen LogP contribution in [0.2, 0.25) is 0 Å². The zero-order valence-electron chi connectivity index (χ0n) is 13.1. The van der Waals surface area contributed by atoms with Crippen LogP contribution in [-0.4, -0.2) is 33.5 Å². The Morgan fingerprint density at radius 2 is 1.90 bits per heavy atom. The third-order valence-electron chi connectivity index (χ3n) is 2.73. The van der Waals surface area contributed by atoms with Crippen molar-refractivity contribution < 1.29 is 14.2 Å². The molecule has 0 heterocycles. The highest BCUT2D eigenvalue weighted by atomic mass is 16.5. The molecule has 4 nitrogen and oxygen atoms in total. The van der Waals surface area contributed by atoms with Crippen LogP contribution in [0.5, 0.6) is 11.5 Å². The summed E-state index contributed by atoms with van der Waals surface area (Å²) < 4.78 is 16.3. The van der Waals surface area contributed by atoms with Gasteiger partial charge in [0, 0.05) is 13.7 Å². The van der Waals surface area contributed by atoms with Gasteiger partial charge in [0.05, 0.1) is 13.2 Å². The molecule has 20 heavy (non-hydrogen) atoms. The zero-order chi connectivity index (χ0) is 14.8. The minimum Gasteiger partial charge on any atom is -0.490 e. The van der Waals surface area contributed by atoms with Crippen LogP contribution in [0.3, 0.4) is 0 Å². The van der Waals surface area contributed by atoms with E-state index in [0.29, 0.717) is 25.7 Å². The molecule has 0 aliphatic heterocycles. The summed E-state index contributed by atoms with van der Waals surface area (Å²) in [6.07, 6.45) is 0. The zero-order valence-corrected chi connectivity index (χ0v) is 13.1. The van der Waals surface area contributed by atoms with Crippen molar-refractivity contribution in [3.05, 3.63) is 23.8 Å². The van der Waals surface area contributed by atoms with Crippen LogP contribution in [0.15, 0.2) is 18.2 Å². The van der Waals surface area contributed by atoms with Gasteiger partial charge in [-0.3, -0.25) is 0 Å². The van der Waals surface area contributed by atoms with Crippen LogP contribution in [0.4, 0.5) is 0 Å². The lowest BCUT2D eigenvalue weighted by molar-refractivity contribution is 0.143. The molecule has 0 saturated heterocycles. The molecule has 0 saturated carbocycles. The molecule has 4 heteroatoms. The second-order valence-corrected chi connectivity index (χ2v) is 5.08. The fraction of sp³-hybridized carbons (Fsp3) is 0.625. The number of nitrogens with one attached hydrogen (secondary N) is 1. The van der Waals surface area contributed by atoms with E-state index in [-0.39, 0.29) is 0 Å². The van der Waals surface area contributed by atoms with Gasteiger partial charge in [-0.15, -0.1) is 0 Å². The van der Waals surface area contributed by atoms with Crippen molar-refractivity contribution in [1.29, 1.82) is 0 Å². The van der Waals surface area contributed by atoms with Crippen molar-refractivity contribution in [2.45, 2.75) is 27.3 Å². The Bertz CT molecular complexity index is 380. The normalized spacial score (nSPS) is 10.8. The standard InChI is InChI=1S/C16H27NO3/c1-5-19-16-10-14(12-17-11-13(2)3)6-7-15(16)20-9-8-18-4/h6-7,10,13,17H,5,8-9,11-12H2,1-4H3. The van der Waals surface area contributed by atoms with Crippen LogP contribution < -0.4 is 14.8 Å². The lowest BCUT2D eigenvalue weighted by Crippen LogP contribution is -2.19. The van der Waals surface area contributed by atoms with E-state index in [4.69, 9.17) is 14.2 Å². The lowest BCUT2D eigenvalue weighted by Gasteiger charge is -2.14. The average molecular weight is 281 g/mol. The van der Waals surface area contributed by atoms with E-state index in [2.05, 4.69) is 25.2 Å². The third-order valence-corrected chi connectivity index (χ3v) is 2.73. The number of ether oxygens (including phenoxy) is 3. The summed E-state index contributed by atoms with van der Waals surface area (Å²) in [6, 6.07) is 6.07. The minimum absolute atomic E-state index is 0.529. The average Bonchev–Trinajstić information content (AvgIpc) is 2.41. The van der Waals surface area contributed by atoms with Gasteiger partial charge in [-0.2, -0.15) is 0 Å². The highest BCUT2D eigenvalue weighted by molar-refractivity contribution is 5.43. The second kappa shape index (κ2) is 9.61. The number of methoxy groups -OCH3 is 1. The van der Waals surface area contributed by atoms with Gasteiger partial charge in [-0.25, -0.2) is 0 Å². The first-order chi connectivity index (χ1) is 9.67. The molecule has 0 fully saturated rings. The largest absolute Gasteiger partial charge is 0.490 e. The first kappa shape index (κ1) is 16.8. The van der Waals surface area contributed by atoms with Gasteiger partial charge in [0.15, 0.2) is 11.5 Å². The van der Waals surface area contributed by atoms with E-state index >= 15 is 0 Å². The quantitative estimate of drug-likeness (QED) is 0.669. The SMILES string of the molecule is CCOc1cc(CNCC(C)C)ccc1OCCOC. The maximum atomic E-state index is 5.66. The molecular weight excluding hydrogens is 254 g/mol. The molecule has 1 rings (SSSR count). The summed E-state index contributed by atoms with van der Waals surface area (Å²) in [5.41, 5.74) is 1.20. The monoisotopic (exact) mass is 281 g/mol. The maximum Gasteiger partial charge on any atom is 0.161 e. The second-order valence-electron chi connectivity index (χ2n) is 5.08. The Kier molecular flexibility index (Phi) is 8.07. The molecular formula is C16H27NO3. The van der Waals surface area contributed by atoms with Crippen LogP contribution in [-0.2, 0) is 11.3 Å². The Hall–Kier alpha value is -1.26. The number of rotatable bonds is 10. The minimum atomic E-state index is 0.529. The Morgan fingerprint density at radius 1 is 1.10 bits per heavy atom. The van der Waals surface area contributed by atoms with Crippen molar-refractivity contribution in [2.24, 2.45) is 5.92 Å². The van der Waals surface area contributed by atoms with Crippen LogP contribution in [0, 0.1) is 5.92 Å². The fourth-order valence-corrected chi connectivity index (χ4v) is 1.79. The van der Waals surface area contributed by atoms with Crippen molar-refractivity contribution in [2.75, 3.05) is 33.5 Å². The molecule has 0 amide bonds. The lowest BCUT2D eigenvalue weighted by atomic mass is 10.2. The molecule has 0 aliphatic rings. The molecule has 1 aromatic rings. The molecule has 0 aliphatic carbocycles. The van der Waals surface area contributed by atoms with E-state index < -0.39 is 0 Å². The van der Waals surface area contributed by atoms with Gasteiger partial charge in [-0.05, 0) is 37.1 Å². The molecule has 0 radical (unpaired) electrons. The van der Waals surface area contributed by atoms with Gasteiger partial charge in [-0.1, -0.05) is 19.9 Å². The summed E-state index contributed by atoms with van der Waals surface area (Å²) in [6.45, 7) is 9.96. The summed E-state index contributed by atoms with van der Waals surface area (Å²) in [7, 11) is 1.66. The Balaban J connectivity index is 2.62. The first-order valence-corrected chi connectivity index (χ1v) is 7.25. The Labute approximate surface area is 122 Å². The number of benzene rings is 1. The molecule has 0 atom stereocenters. The topological polar surface area (TPSA) is 39.7 Å². The van der Waals surface area contributed by atoms with Crippen molar-refractivity contribution in [3.8, 4) is 11.5 Å². The summed E-state index contributed by atoms with van der Waals surface area (Å²) in [5, 5.41) is 3.43. The highest BCUT2D eigenvalue weighted by Crippen LogP contribution is 2.28. The van der Waals surface area contributed by atoms with E-state index in [1.165, 1.54) is 5.56 Å². The van der Waals surface area contributed by atoms with Crippen molar-refractivity contribution in [1.82, 2.24) is 5.32 Å². The molecule has 0 bridgehead atoms. The third kappa shape index (κ3) is 6.26. The van der Waals surface area contributed by atoms with E-state index in [1.54, 1.807) is 7.11 Å². The van der Waals surface area contributed by atoms with Crippen LogP contribution in [0.1, 0.15) is 26.3 Å². The van der Waals surface area contributed by atoms with Gasteiger partial charge in [0.1, 0.15) is 6.61 Å². The van der Waals surface area contributed by atoms with Gasteiger partial charge >= 0.3 is 0 Å². The highest BCUT2D eigenvalue weighted by Gasteiger charge is 2.06. The fourth-order valence-electron chi connectivity index (χ4n) is 1.79. The molecule has 0 unspecified atom stereocenters. The molecule has 0 aromatic heterocycles. The predicted molar refractivity (Wildman–Crippen MR) is 81.5 cm³/mol. The van der Waals surface area contributed by atoms with Crippen molar-refractivity contribution in [3.63, 3.8) is 0 Å². The number of hydrogen-bond donors (Lipinski definition) is 1. The van der Waals surface area contributed by atoms with Gasteiger partial charge < -0.3 is 19.5 Å². The number of hydrogen-bond acceptors (Lipinski definition) is 4. The summed E-state index contributed by atoms with van der Waals surface area (Å²) in [5.74, 6) is 2.22. The molecule has 114 valence electrons. The van der Waals surface area contributed by atoms with Crippen molar-refractivity contribution >= 4 is 0 Å². The van der Waals surface area contributed by atoms with Crippen LogP contribution >= 0.6 is 0 Å².